The van der Waals surface area contributed by atoms with Crippen LogP contribution in [0.25, 0.3) is 0 Å². The molecule has 5 heteroatoms. The number of fused-ring (bicyclic) bond motifs is 1. The van der Waals surface area contributed by atoms with E-state index in [0.29, 0.717) is 25.7 Å². The van der Waals surface area contributed by atoms with Crippen molar-refractivity contribution in [1.82, 2.24) is 0 Å². The lowest BCUT2D eigenvalue weighted by atomic mass is 9.56. The van der Waals surface area contributed by atoms with E-state index in [1.165, 1.54) is 7.11 Å². The minimum Gasteiger partial charge on any atom is -0.468 e. The molecule has 2 aliphatic carbocycles. The van der Waals surface area contributed by atoms with Gasteiger partial charge in [0.2, 0.25) is 0 Å². The average Bonchev–Trinajstić information content (AvgIpc) is 2.46. The summed E-state index contributed by atoms with van der Waals surface area (Å²) in [5.74, 6) is -1.29. The lowest BCUT2D eigenvalue weighted by molar-refractivity contribution is -0.171. The summed E-state index contributed by atoms with van der Waals surface area (Å²) in [6.45, 7) is 7.64. The molecule has 2 aliphatic rings. The van der Waals surface area contributed by atoms with E-state index in [1.54, 1.807) is 0 Å². The number of esters is 2. The highest BCUT2D eigenvalue weighted by atomic mass is 16.5. The van der Waals surface area contributed by atoms with Crippen molar-refractivity contribution >= 4 is 17.7 Å². The van der Waals surface area contributed by atoms with Gasteiger partial charge in [-0.2, -0.15) is 0 Å². The number of methoxy groups -OCH3 is 1. The third-order valence-corrected chi connectivity index (χ3v) is 5.42. The van der Waals surface area contributed by atoms with E-state index in [2.05, 4.69) is 6.92 Å². The molecule has 0 heterocycles. The topological polar surface area (TPSA) is 69.7 Å². The molecule has 0 amide bonds. The third-order valence-electron chi connectivity index (χ3n) is 5.42. The number of ketones is 1. The molecule has 0 radical (unpaired) electrons. The maximum absolute atomic E-state index is 12.2. The molecule has 2 saturated carbocycles. The zero-order chi connectivity index (χ0) is 17.4. The smallest absolute Gasteiger partial charge is 0.316 e. The molecule has 0 aliphatic heterocycles. The molecule has 0 aromatic carbocycles. The van der Waals surface area contributed by atoms with Gasteiger partial charge in [-0.3, -0.25) is 14.4 Å². The summed E-state index contributed by atoms with van der Waals surface area (Å²) >= 11 is 0. The molecule has 5 nitrogen and oxygen atoms in total. The molecule has 0 saturated heterocycles. The van der Waals surface area contributed by atoms with E-state index in [4.69, 9.17) is 9.47 Å². The number of hydrogen-bond acceptors (Lipinski definition) is 5. The predicted molar refractivity (Wildman–Crippen MR) is 84.5 cm³/mol. The van der Waals surface area contributed by atoms with Crippen LogP contribution < -0.4 is 0 Å². The lowest BCUT2D eigenvalue weighted by Crippen LogP contribution is -2.50. The van der Waals surface area contributed by atoms with Gasteiger partial charge < -0.3 is 9.47 Å². The zero-order valence-electron chi connectivity index (χ0n) is 14.8. The summed E-state index contributed by atoms with van der Waals surface area (Å²) in [7, 11) is 1.33. The van der Waals surface area contributed by atoms with Gasteiger partial charge in [0, 0.05) is 6.42 Å². The fourth-order valence-corrected chi connectivity index (χ4v) is 3.98. The number of hydrogen-bond donors (Lipinski definition) is 0. The fourth-order valence-electron chi connectivity index (χ4n) is 3.98. The van der Waals surface area contributed by atoms with Crippen molar-refractivity contribution < 1.29 is 23.9 Å². The van der Waals surface area contributed by atoms with Gasteiger partial charge >= 0.3 is 11.9 Å². The fraction of sp³-hybridized carbons (Fsp3) is 0.833. The largest absolute Gasteiger partial charge is 0.468 e. The summed E-state index contributed by atoms with van der Waals surface area (Å²) in [6.07, 6.45) is 3.13. The Hall–Kier alpha value is -1.39. The van der Waals surface area contributed by atoms with Gasteiger partial charge in [-0.15, -0.1) is 0 Å². The Balaban J connectivity index is 2.12. The van der Waals surface area contributed by atoms with E-state index < -0.39 is 17.3 Å². The first-order valence-electron chi connectivity index (χ1n) is 8.40. The van der Waals surface area contributed by atoms with Crippen LogP contribution in [-0.2, 0) is 23.9 Å². The molecule has 0 unspecified atom stereocenters. The van der Waals surface area contributed by atoms with Crippen LogP contribution in [0.5, 0.6) is 0 Å². The van der Waals surface area contributed by atoms with Crippen LogP contribution in [0.4, 0.5) is 0 Å². The highest BCUT2D eigenvalue weighted by Crippen LogP contribution is 2.52. The van der Waals surface area contributed by atoms with Crippen molar-refractivity contribution in [3.05, 3.63) is 0 Å². The summed E-state index contributed by atoms with van der Waals surface area (Å²) in [5, 5.41) is 0. The van der Waals surface area contributed by atoms with Gasteiger partial charge in [-0.25, -0.2) is 0 Å². The quantitative estimate of drug-likeness (QED) is 0.577. The van der Waals surface area contributed by atoms with E-state index in [9.17, 15) is 14.4 Å². The summed E-state index contributed by atoms with van der Waals surface area (Å²) in [4.78, 5) is 36.4. The Kier molecular flexibility index (Phi) is 4.88. The van der Waals surface area contributed by atoms with E-state index in [1.807, 2.05) is 20.8 Å². The van der Waals surface area contributed by atoms with Gasteiger partial charge in [-0.1, -0.05) is 6.92 Å². The Morgan fingerprint density at radius 2 is 1.87 bits per heavy atom. The van der Waals surface area contributed by atoms with Crippen LogP contribution in [0.3, 0.4) is 0 Å². The first-order valence-corrected chi connectivity index (χ1v) is 8.40. The molecule has 23 heavy (non-hydrogen) atoms. The van der Waals surface area contributed by atoms with Gasteiger partial charge in [0.15, 0.2) is 0 Å². The molecule has 2 rings (SSSR count). The minimum absolute atomic E-state index is 0.00976. The molecule has 0 aromatic rings. The van der Waals surface area contributed by atoms with Gasteiger partial charge in [0.1, 0.15) is 17.8 Å². The second-order valence-electron chi connectivity index (χ2n) is 8.29. The SMILES string of the molecule is COC(=O)[C@@H]1C(=O)CC[C@]2(C)C[C@@H](OC(=O)C(C)(C)C)CC[C@@H]12. The first kappa shape index (κ1) is 18.0. The molecule has 0 aromatic heterocycles. The molecular weight excluding hydrogens is 296 g/mol. The zero-order valence-corrected chi connectivity index (χ0v) is 14.8. The molecule has 2 fully saturated rings. The normalized spacial score (nSPS) is 34.5. The van der Waals surface area contributed by atoms with Crippen molar-refractivity contribution in [3.8, 4) is 0 Å². The highest BCUT2D eigenvalue weighted by molar-refractivity contribution is 6.00. The van der Waals surface area contributed by atoms with Gasteiger partial charge in [-0.05, 0) is 57.8 Å². The Labute approximate surface area is 138 Å². The maximum atomic E-state index is 12.2. The first-order chi connectivity index (χ1) is 10.6. The predicted octanol–water partition coefficient (Wildman–Crippen LogP) is 2.90. The lowest BCUT2D eigenvalue weighted by Gasteiger charge is -2.49. The van der Waals surface area contributed by atoms with Gasteiger partial charge in [0.05, 0.1) is 12.5 Å². The molecule has 0 N–H and O–H groups in total. The summed E-state index contributed by atoms with van der Waals surface area (Å²) in [6, 6.07) is 0. The number of ether oxygens (including phenoxy) is 2. The van der Waals surface area contributed by atoms with Crippen molar-refractivity contribution in [3.63, 3.8) is 0 Å². The second kappa shape index (κ2) is 6.25. The molecular formula is C18H28O5. The van der Waals surface area contributed by atoms with Crippen molar-refractivity contribution in [2.45, 2.75) is 65.9 Å². The standard InChI is InChI=1S/C18H28O5/c1-17(2,3)16(21)23-11-6-7-12-14(15(20)22-5)13(19)8-9-18(12,4)10-11/h11-12,14H,6-10H2,1-5H3/t11-,12-,14-,18+/m0/s1. The Bertz CT molecular complexity index is 496. The van der Waals surface area contributed by atoms with Crippen LogP contribution in [-0.4, -0.2) is 30.9 Å². The molecule has 130 valence electrons. The number of carbonyl (C=O) groups is 3. The van der Waals surface area contributed by atoms with Crippen molar-refractivity contribution in [2.24, 2.45) is 22.7 Å². The van der Waals surface area contributed by atoms with Crippen LogP contribution in [0.1, 0.15) is 59.8 Å². The number of Topliss-reactive ketones (excluding diaryl/α,β-unsaturated/α-hetero) is 1. The number of rotatable bonds is 2. The van der Waals surface area contributed by atoms with E-state index in [-0.39, 0.29) is 29.2 Å². The van der Waals surface area contributed by atoms with Crippen LogP contribution in [0, 0.1) is 22.7 Å². The Morgan fingerprint density at radius 3 is 2.43 bits per heavy atom. The van der Waals surface area contributed by atoms with Crippen molar-refractivity contribution in [2.75, 3.05) is 7.11 Å². The second-order valence-corrected chi connectivity index (χ2v) is 8.29. The van der Waals surface area contributed by atoms with E-state index in [0.717, 1.165) is 6.42 Å². The molecule has 0 spiro atoms. The van der Waals surface area contributed by atoms with Crippen LogP contribution in [0.15, 0.2) is 0 Å². The van der Waals surface area contributed by atoms with Crippen LogP contribution >= 0.6 is 0 Å². The minimum atomic E-state index is -0.655. The monoisotopic (exact) mass is 324 g/mol. The highest BCUT2D eigenvalue weighted by Gasteiger charge is 2.52. The van der Waals surface area contributed by atoms with Gasteiger partial charge in [0.25, 0.3) is 0 Å². The van der Waals surface area contributed by atoms with Crippen molar-refractivity contribution in [1.29, 1.82) is 0 Å². The summed E-state index contributed by atoms with van der Waals surface area (Å²) < 4.78 is 10.5. The van der Waals surface area contributed by atoms with E-state index >= 15 is 0 Å². The molecule has 4 atom stereocenters. The van der Waals surface area contributed by atoms with Crippen LogP contribution in [0.2, 0.25) is 0 Å². The average molecular weight is 324 g/mol. The third kappa shape index (κ3) is 3.59. The number of carbonyl (C=O) groups excluding carboxylic acids is 3. The molecule has 0 bridgehead atoms. The Morgan fingerprint density at radius 1 is 1.22 bits per heavy atom. The summed E-state index contributed by atoms with van der Waals surface area (Å²) in [5.41, 5.74) is -0.678. The maximum Gasteiger partial charge on any atom is 0.316 e.